The molecule has 124 valence electrons. The van der Waals surface area contributed by atoms with Crippen LogP contribution in [0.25, 0.3) is 0 Å². The van der Waals surface area contributed by atoms with Crippen molar-refractivity contribution in [3.8, 4) is 0 Å². The lowest BCUT2D eigenvalue weighted by Crippen LogP contribution is -2.49. The molecule has 3 fully saturated rings. The van der Waals surface area contributed by atoms with E-state index in [-0.39, 0.29) is 29.8 Å². The van der Waals surface area contributed by atoms with Gasteiger partial charge in [-0.15, -0.1) is 0 Å². The largest absolute Gasteiger partial charge is 0.338 e. The molecule has 3 aliphatic rings. The average Bonchev–Trinajstić information content (AvgIpc) is 2.97. The van der Waals surface area contributed by atoms with Crippen molar-refractivity contribution in [3.63, 3.8) is 0 Å². The van der Waals surface area contributed by atoms with E-state index in [9.17, 15) is 9.59 Å². The third-order valence-electron chi connectivity index (χ3n) is 5.62. The second-order valence-corrected chi connectivity index (χ2v) is 8.07. The molecule has 2 saturated heterocycles. The number of thiophene rings is 1. The van der Waals surface area contributed by atoms with Crippen molar-refractivity contribution in [2.75, 3.05) is 13.1 Å². The van der Waals surface area contributed by atoms with Gasteiger partial charge < -0.3 is 9.80 Å². The predicted molar refractivity (Wildman–Crippen MR) is 90.3 cm³/mol. The standard InChI is InChI=1S/C18H24N2O2S/c1-12-9-15(14-6-8-23-11-14)10-20(12)18(22)16-3-2-7-19(16)17(21)13-4-5-13/h6,8,11-13,15-16H,2-5,7,9-10H2,1H3/t12-,15-,16+/m1/s1. The van der Waals surface area contributed by atoms with Gasteiger partial charge in [0.2, 0.25) is 11.8 Å². The highest BCUT2D eigenvalue weighted by Crippen LogP contribution is 2.36. The van der Waals surface area contributed by atoms with Gasteiger partial charge in [-0.1, -0.05) is 0 Å². The first-order valence-electron chi connectivity index (χ1n) is 8.78. The number of carbonyl (C=O) groups excluding carboxylic acids is 2. The van der Waals surface area contributed by atoms with Crippen molar-refractivity contribution in [1.82, 2.24) is 9.80 Å². The topological polar surface area (TPSA) is 40.6 Å². The monoisotopic (exact) mass is 332 g/mol. The van der Waals surface area contributed by atoms with E-state index >= 15 is 0 Å². The Morgan fingerprint density at radius 1 is 1.17 bits per heavy atom. The highest BCUT2D eigenvalue weighted by molar-refractivity contribution is 7.08. The fourth-order valence-electron chi connectivity index (χ4n) is 4.13. The number of likely N-dealkylation sites (tertiary alicyclic amines) is 2. The molecule has 1 aromatic heterocycles. The van der Waals surface area contributed by atoms with Gasteiger partial charge in [0.15, 0.2) is 0 Å². The molecule has 0 unspecified atom stereocenters. The molecule has 5 heteroatoms. The van der Waals surface area contributed by atoms with Gasteiger partial charge in [0, 0.05) is 31.0 Å². The average molecular weight is 332 g/mol. The van der Waals surface area contributed by atoms with Crippen LogP contribution in [0.5, 0.6) is 0 Å². The van der Waals surface area contributed by atoms with Crippen molar-refractivity contribution in [1.29, 1.82) is 0 Å². The number of hydrogen-bond acceptors (Lipinski definition) is 3. The lowest BCUT2D eigenvalue weighted by Gasteiger charge is -2.30. The molecule has 4 rings (SSSR count). The highest BCUT2D eigenvalue weighted by Gasteiger charge is 2.44. The molecule has 0 aromatic carbocycles. The summed E-state index contributed by atoms with van der Waals surface area (Å²) < 4.78 is 0. The fraction of sp³-hybridized carbons (Fsp3) is 0.667. The van der Waals surface area contributed by atoms with E-state index in [2.05, 4.69) is 23.8 Å². The summed E-state index contributed by atoms with van der Waals surface area (Å²) in [4.78, 5) is 29.4. The zero-order chi connectivity index (χ0) is 16.0. The zero-order valence-corrected chi connectivity index (χ0v) is 14.4. The Morgan fingerprint density at radius 3 is 2.70 bits per heavy atom. The van der Waals surface area contributed by atoms with Crippen LogP contribution in [0.4, 0.5) is 0 Å². The molecule has 3 atom stereocenters. The van der Waals surface area contributed by atoms with E-state index in [0.29, 0.717) is 5.92 Å². The molecule has 0 radical (unpaired) electrons. The Bertz CT molecular complexity index is 596. The number of nitrogens with zero attached hydrogens (tertiary/aromatic N) is 2. The smallest absolute Gasteiger partial charge is 0.245 e. The van der Waals surface area contributed by atoms with Crippen LogP contribution < -0.4 is 0 Å². The molecule has 3 heterocycles. The van der Waals surface area contributed by atoms with Crippen LogP contribution in [0.2, 0.25) is 0 Å². The van der Waals surface area contributed by atoms with Gasteiger partial charge in [0.05, 0.1) is 0 Å². The molecular formula is C18H24N2O2S. The summed E-state index contributed by atoms with van der Waals surface area (Å²) in [5.74, 6) is 1.07. The Morgan fingerprint density at radius 2 is 2.00 bits per heavy atom. The number of hydrogen-bond donors (Lipinski definition) is 0. The van der Waals surface area contributed by atoms with Crippen molar-refractivity contribution >= 4 is 23.2 Å². The molecule has 4 nitrogen and oxygen atoms in total. The normalized spacial score (nSPS) is 30.9. The predicted octanol–water partition coefficient (Wildman–Crippen LogP) is 2.85. The molecule has 2 aliphatic heterocycles. The maximum Gasteiger partial charge on any atom is 0.245 e. The van der Waals surface area contributed by atoms with Crippen LogP contribution in [0, 0.1) is 5.92 Å². The van der Waals surface area contributed by atoms with Crippen LogP contribution in [-0.4, -0.2) is 46.8 Å². The molecule has 0 N–H and O–H groups in total. The van der Waals surface area contributed by atoms with Crippen LogP contribution in [0.1, 0.15) is 50.5 Å². The summed E-state index contributed by atoms with van der Waals surface area (Å²) in [6.07, 6.45) is 4.85. The van der Waals surface area contributed by atoms with Gasteiger partial charge >= 0.3 is 0 Å². The maximum absolute atomic E-state index is 13.1. The molecule has 0 bridgehead atoms. The van der Waals surface area contributed by atoms with Crippen LogP contribution in [-0.2, 0) is 9.59 Å². The molecule has 1 saturated carbocycles. The van der Waals surface area contributed by atoms with E-state index < -0.39 is 0 Å². The molecule has 1 aromatic rings. The Labute approximate surface area is 141 Å². The van der Waals surface area contributed by atoms with E-state index in [0.717, 1.165) is 45.2 Å². The fourth-order valence-corrected chi connectivity index (χ4v) is 4.87. The lowest BCUT2D eigenvalue weighted by molar-refractivity contribution is -0.144. The number of amides is 2. The summed E-state index contributed by atoms with van der Waals surface area (Å²) in [6, 6.07) is 2.24. The van der Waals surface area contributed by atoms with Crippen LogP contribution in [0.3, 0.4) is 0 Å². The number of carbonyl (C=O) groups is 2. The first-order valence-corrected chi connectivity index (χ1v) is 9.72. The Hall–Kier alpha value is -1.36. The SMILES string of the molecule is C[C@@H]1C[C@@H](c2ccsc2)CN1C(=O)[C@@H]1CCCN1C(=O)C1CC1. The summed E-state index contributed by atoms with van der Waals surface area (Å²) in [7, 11) is 0. The lowest BCUT2D eigenvalue weighted by atomic mass is 10.00. The summed E-state index contributed by atoms with van der Waals surface area (Å²) in [5.41, 5.74) is 1.36. The molecule has 0 spiro atoms. The second kappa shape index (κ2) is 5.93. The van der Waals surface area contributed by atoms with Crippen molar-refractivity contribution in [2.24, 2.45) is 5.92 Å². The van der Waals surface area contributed by atoms with E-state index in [1.54, 1.807) is 11.3 Å². The minimum Gasteiger partial charge on any atom is -0.338 e. The first-order chi connectivity index (χ1) is 11.1. The Kier molecular flexibility index (Phi) is 3.92. The summed E-state index contributed by atoms with van der Waals surface area (Å²) in [5, 5.41) is 4.31. The highest BCUT2D eigenvalue weighted by atomic mass is 32.1. The number of rotatable bonds is 3. The molecule has 23 heavy (non-hydrogen) atoms. The van der Waals surface area contributed by atoms with Crippen LogP contribution >= 0.6 is 11.3 Å². The van der Waals surface area contributed by atoms with Gasteiger partial charge in [-0.25, -0.2) is 0 Å². The quantitative estimate of drug-likeness (QED) is 0.854. The third-order valence-corrected chi connectivity index (χ3v) is 6.32. The van der Waals surface area contributed by atoms with Gasteiger partial charge in [0.1, 0.15) is 6.04 Å². The van der Waals surface area contributed by atoms with Crippen molar-refractivity contribution in [2.45, 2.75) is 57.0 Å². The maximum atomic E-state index is 13.1. The van der Waals surface area contributed by atoms with E-state index in [1.165, 1.54) is 5.56 Å². The van der Waals surface area contributed by atoms with Crippen molar-refractivity contribution in [3.05, 3.63) is 22.4 Å². The van der Waals surface area contributed by atoms with E-state index in [4.69, 9.17) is 0 Å². The Balaban J connectivity index is 1.46. The van der Waals surface area contributed by atoms with Gasteiger partial charge in [-0.3, -0.25) is 9.59 Å². The second-order valence-electron chi connectivity index (χ2n) is 7.29. The third kappa shape index (κ3) is 2.80. The first kappa shape index (κ1) is 15.2. The van der Waals surface area contributed by atoms with Gasteiger partial charge in [0.25, 0.3) is 0 Å². The minimum atomic E-state index is -0.202. The van der Waals surface area contributed by atoms with Crippen LogP contribution in [0.15, 0.2) is 16.8 Å². The molecule has 2 amide bonds. The van der Waals surface area contributed by atoms with Crippen molar-refractivity contribution < 1.29 is 9.59 Å². The summed E-state index contributed by atoms with van der Waals surface area (Å²) >= 11 is 1.72. The van der Waals surface area contributed by atoms with Gasteiger partial charge in [-0.05, 0) is 61.4 Å². The van der Waals surface area contributed by atoms with Gasteiger partial charge in [-0.2, -0.15) is 11.3 Å². The van der Waals surface area contributed by atoms with E-state index in [1.807, 2.05) is 9.80 Å². The molecular weight excluding hydrogens is 308 g/mol. The minimum absolute atomic E-state index is 0.182. The summed E-state index contributed by atoms with van der Waals surface area (Å²) in [6.45, 7) is 3.72. The molecule has 1 aliphatic carbocycles. The zero-order valence-electron chi connectivity index (χ0n) is 13.6.